The normalized spacial score (nSPS) is 13.1. The predicted molar refractivity (Wildman–Crippen MR) is 34.9 cm³/mol. The summed E-state index contributed by atoms with van der Waals surface area (Å²) in [6.07, 6.45) is 2.96. The Morgan fingerprint density at radius 2 is 2.00 bits per heavy atom. The maximum Gasteiger partial charge on any atom is 0.0763 e. The van der Waals surface area contributed by atoms with Gasteiger partial charge in [-0.3, -0.25) is 4.98 Å². The lowest BCUT2D eigenvalue weighted by Gasteiger charge is -2.00. The highest BCUT2D eigenvalue weighted by Crippen LogP contribution is 2.07. The van der Waals surface area contributed by atoms with Crippen molar-refractivity contribution in [2.24, 2.45) is 0 Å². The third-order valence-corrected chi connectivity index (χ3v) is 1.19. The molecule has 0 bridgehead atoms. The lowest BCUT2D eigenvalue weighted by atomic mass is 10.2. The van der Waals surface area contributed by atoms with Crippen molar-refractivity contribution < 1.29 is 5.11 Å². The third kappa shape index (κ3) is 1.50. The van der Waals surface area contributed by atoms with Gasteiger partial charge in [0.05, 0.1) is 6.10 Å². The van der Waals surface area contributed by atoms with Crippen LogP contribution in [0.15, 0.2) is 24.5 Å². The van der Waals surface area contributed by atoms with E-state index in [9.17, 15) is 0 Å². The molecule has 0 radical (unpaired) electrons. The minimum absolute atomic E-state index is 0.381. The van der Waals surface area contributed by atoms with Gasteiger partial charge in [-0.1, -0.05) is 0 Å². The van der Waals surface area contributed by atoms with Crippen LogP contribution < -0.4 is 0 Å². The Hall–Kier alpha value is -0.890. The van der Waals surface area contributed by atoms with Crippen LogP contribution >= 0.6 is 0 Å². The molecule has 1 aromatic rings. The first-order valence-corrected chi connectivity index (χ1v) is 2.88. The van der Waals surface area contributed by atoms with E-state index in [2.05, 4.69) is 4.98 Å². The van der Waals surface area contributed by atoms with Gasteiger partial charge in [-0.15, -0.1) is 0 Å². The summed E-state index contributed by atoms with van der Waals surface area (Å²) in [6.45, 7) is 1.73. The van der Waals surface area contributed by atoms with Gasteiger partial charge in [-0.05, 0) is 24.6 Å². The second-order valence-corrected chi connectivity index (χ2v) is 1.96. The second-order valence-electron chi connectivity index (χ2n) is 1.96. The summed E-state index contributed by atoms with van der Waals surface area (Å²) < 4.78 is 0. The Morgan fingerprint density at radius 1 is 1.44 bits per heavy atom. The summed E-state index contributed by atoms with van der Waals surface area (Å²) in [5.41, 5.74) is 0.907. The number of rotatable bonds is 1. The van der Waals surface area contributed by atoms with E-state index in [1.807, 2.05) is 0 Å². The van der Waals surface area contributed by atoms with Crippen LogP contribution in [-0.4, -0.2) is 10.1 Å². The summed E-state index contributed by atoms with van der Waals surface area (Å²) in [4.78, 5) is 3.82. The first kappa shape index (κ1) is 6.23. The fourth-order valence-corrected chi connectivity index (χ4v) is 0.642. The SMILES string of the molecule is C[C@H](O)c1ccncc1. The monoisotopic (exact) mass is 123 g/mol. The topological polar surface area (TPSA) is 33.1 Å². The summed E-state index contributed by atoms with van der Waals surface area (Å²) in [6, 6.07) is 3.59. The Morgan fingerprint density at radius 3 is 2.33 bits per heavy atom. The molecule has 1 heterocycles. The molecular formula is C7H9NO. The predicted octanol–water partition coefficient (Wildman–Crippen LogP) is 1.13. The summed E-state index contributed by atoms with van der Waals surface area (Å²) in [7, 11) is 0. The largest absolute Gasteiger partial charge is 0.389 e. The minimum Gasteiger partial charge on any atom is -0.389 e. The zero-order chi connectivity index (χ0) is 6.69. The Kier molecular flexibility index (Phi) is 1.80. The third-order valence-electron chi connectivity index (χ3n) is 1.19. The van der Waals surface area contributed by atoms with E-state index >= 15 is 0 Å². The van der Waals surface area contributed by atoms with Crippen molar-refractivity contribution in [1.29, 1.82) is 0 Å². The number of aliphatic hydroxyl groups is 1. The lowest BCUT2D eigenvalue weighted by Crippen LogP contribution is -1.89. The van der Waals surface area contributed by atoms with Crippen LogP contribution in [0.2, 0.25) is 0 Å². The number of aliphatic hydroxyl groups excluding tert-OH is 1. The molecule has 0 unspecified atom stereocenters. The minimum atomic E-state index is -0.381. The first-order chi connectivity index (χ1) is 4.30. The highest BCUT2D eigenvalue weighted by molar-refractivity contribution is 5.11. The van der Waals surface area contributed by atoms with Gasteiger partial charge in [0.25, 0.3) is 0 Å². The molecule has 0 saturated carbocycles. The van der Waals surface area contributed by atoms with Crippen LogP contribution in [0.25, 0.3) is 0 Å². The summed E-state index contributed by atoms with van der Waals surface area (Å²) >= 11 is 0. The molecule has 2 nitrogen and oxygen atoms in total. The molecule has 1 N–H and O–H groups in total. The van der Waals surface area contributed by atoms with Crippen molar-refractivity contribution in [3.8, 4) is 0 Å². The van der Waals surface area contributed by atoms with E-state index in [1.165, 1.54) is 0 Å². The van der Waals surface area contributed by atoms with E-state index in [4.69, 9.17) is 5.11 Å². The lowest BCUT2D eigenvalue weighted by molar-refractivity contribution is 0.199. The zero-order valence-corrected chi connectivity index (χ0v) is 5.28. The first-order valence-electron chi connectivity index (χ1n) is 2.88. The van der Waals surface area contributed by atoms with Gasteiger partial charge in [-0.2, -0.15) is 0 Å². The Balaban J connectivity index is 2.85. The highest BCUT2D eigenvalue weighted by Gasteiger charge is 1.95. The van der Waals surface area contributed by atoms with Crippen molar-refractivity contribution >= 4 is 0 Å². The van der Waals surface area contributed by atoms with E-state index in [0.717, 1.165) is 5.56 Å². The molecule has 0 saturated heterocycles. The van der Waals surface area contributed by atoms with Crippen LogP contribution in [0.5, 0.6) is 0 Å². The standard InChI is InChI=1S/C7H9NO/c1-6(9)7-2-4-8-5-3-7/h2-6,9H,1H3/t6-/m0/s1. The maximum atomic E-state index is 9.00. The average Bonchev–Trinajstić information content (AvgIpc) is 1.90. The zero-order valence-electron chi connectivity index (χ0n) is 5.28. The molecule has 48 valence electrons. The van der Waals surface area contributed by atoms with Crippen LogP contribution in [0.1, 0.15) is 18.6 Å². The van der Waals surface area contributed by atoms with Crippen LogP contribution in [-0.2, 0) is 0 Å². The van der Waals surface area contributed by atoms with Crippen molar-refractivity contribution in [2.75, 3.05) is 0 Å². The average molecular weight is 123 g/mol. The molecule has 1 aromatic heterocycles. The molecule has 0 aromatic carbocycles. The molecule has 1 atom stereocenters. The van der Waals surface area contributed by atoms with E-state index in [1.54, 1.807) is 31.5 Å². The molecule has 0 spiro atoms. The van der Waals surface area contributed by atoms with E-state index in [-0.39, 0.29) is 6.10 Å². The van der Waals surface area contributed by atoms with Gasteiger partial charge in [-0.25, -0.2) is 0 Å². The van der Waals surface area contributed by atoms with Gasteiger partial charge < -0.3 is 5.11 Å². The Labute approximate surface area is 54.2 Å². The van der Waals surface area contributed by atoms with Gasteiger partial charge in [0.1, 0.15) is 0 Å². The number of hydrogen-bond donors (Lipinski definition) is 1. The van der Waals surface area contributed by atoms with Crippen molar-refractivity contribution in [3.05, 3.63) is 30.1 Å². The van der Waals surface area contributed by atoms with E-state index < -0.39 is 0 Å². The smallest absolute Gasteiger partial charge is 0.0763 e. The van der Waals surface area contributed by atoms with Gasteiger partial charge in [0.15, 0.2) is 0 Å². The number of aromatic nitrogens is 1. The molecule has 0 fully saturated rings. The molecule has 1 rings (SSSR count). The highest BCUT2D eigenvalue weighted by atomic mass is 16.3. The molecule has 0 aliphatic heterocycles. The van der Waals surface area contributed by atoms with Gasteiger partial charge in [0.2, 0.25) is 0 Å². The quantitative estimate of drug-likeness (QED) is 0.607. The van der Waals surface area contributed by atoms with Gasteiger partial charge in [0, 0.05) is 12.4 Å². The number of hydrogen-bond acceptors (Lipinski definition) is 2. The molecule has 9 heavy (non-hydrogen) atoms. The number of nitrogens with zero attached hydrogens (tertiary/aromatic N) is 1. The van der Waals surface area contributed by atoms with Crippen molar-refractivity contribution in [3.63, 3.8) is 0 Å². The second kappa shape index (κ2) is 2.60. The van der Waals surface area contributed by atoms with Crippen molar-refractivity contribution in [2.45, 2.75) is 13.0 Å². The maximum absolute atomic E-state index is 9.00. The molecule has 0 aliphatic carbocycles. The number of pyridine rings is 1. The van der Waals surface area contributed by atoms with Crippen LogP contribution in [0.4, 0.5) is 0 Å². The van der Waals surface area contributed by atoms with Crippen molar-refractivity contribution in [1.82, 2.24) is 4.98 Å². The fraction of sp³-hybridized carbons (Fsp3) is 0.286. The summed E-state index contributed by atoms with van der Waals surface area (Å²) in [5, 5.41) is 9.00. The van der Waals surface area contributed by atoms with Gasteiger partial charge >= 0.3 is 0 Å². The molecule has 0 amide bonds. The summed E-state index contributed by atoms with van der Waals surface area (Å²) in [5.74, 6) is 0. The Bertz CT molecular complexity index is 172. The molecular weight excluding hydrogens is 114 g/mol. The van der Waals surface area contributed by atoms with Crippen LogP contribution in [0, 0.1) is 0 Å². The van der Waals surface area contributed by atoms with Crippen LogP contribution in [0.3, 0.4) is 0 Å². The molecule has 2 heteroatoms. The fourth-order valence-electron chi connectivity index (χ4n) is 0.642. The van der Waals surface area contributed by atoms with E-state index in [0.29, 0.717) is 0 Å². The molecule has 0 aliphatic rings.